The van der Waals surface area contributed by atoms with Gasteiger partial charge in [0.1, 0.15) is 5.82 Å². The van der Waals surface area contributed by atoms with E-state index in [9.17, 15) is 5.11 Å². The summed E-state index contributed by atoms with van der Waals surface area (Å²) in [5.41, 5.74) is 0.912. The molecule has 5 heteroatoms. The van der Waals surface area contributed by atoms with Crippen molar-refractivity contribution in [1.82, 2.24) is 9.97 Å². The minimum absolute atomic E-state index is 0.00615. The van der Waals surface area contributed by atoms with Crippen molar-refractivity contribution < 1.29 is 5.11 Å². The van der Waals surface area contributed by atoms with E-state index in [1.807, 2.05) is 18.2 Å². The average Bonchev–Trinajstić information content (AvgIpc) is 2.77. The summed E-state index contributed by atoms with van der Waals surface area (Å²) in [4.78, 5) is 9.96. The van der Waals surface area contributed by atoms with Crippen LogP contribution in [0.4, 0.5) is 0 Å². The summed E-state index contributed by atoms with van der Waals surface area (Å²) in [6, 6.07) is 5.94. The zero-order chi connectivity index (χ0) is 13.1. The van der Waals surface area contributed by atoms with Gasteiger partial charge < -0.3 is 5.11 Å². The van der Waals surface area contributed by atoms with E-state index in [0.717, 1.165) is 20.2 Å². The van der Waals surface area contributed by atoms with Gasteiger partial charge in [0.25, 0.3) is 0 Å². The molecule has 96 valence electrons. The molecule has 0 aliphatic heterocycles. The fraction of sp³-hybridized carbons (Fsp3) is 0.385. The molecule has 1 N–H and O–H groups in total. The van der Waals surface area contributed by atoms with Crippen LogP contribution in [-0.4, -0.2) is 21.7 Å². The first-order valence-electron chi connectivity index (χ1n) is 5.81. The molecule has 0 radical (unpaired) electrons. The Morgan fingerprint density at radius 2 is 2.11 bits per heavy atom. The molecule has 3 nitrogen and oxygen atoms in total. The van der Waals surface area contributed by atoms with Crippen molar-refractivity contribution >= 4 is 27.3 Å². The number of thiophene rings is 1. The van der Waals surface area contributed by atoms with E-state index in [4.69, 9.17) is 0 Å². The summed E-state index contributed by atoms with van der Waals surface area (Å²) in [6.07, 6.45) is 1.76. The fourth-order valence-corrected chi connectivity index (χ4v) is 3.09. The number of rotatable bonds is 4. The molecule has 0 aliphatic carbocycles. The van der Waals surface area contributed by atoms with Crippen LogP contribution in [-0.2, 0) is 0 Å². The topological polar surface area (TPSA) is 46.0 Å². The van der Waals surface area contributed by atoms with Gasteiger partial charge in [-0.3, -0.25) is 0 Å². The average molecular weight is 327 g/mol. The third kappa shape index (κ3) is 2.96. The van der Waals surface area contributed by atoms with Crippen LogP contribution in [0.15, 0.2) is 28.2 Å². The van der Waals surface area contributed by atoms with Crippen molar-refractivity contribution in [3.8, 4) is 10.6 Å². The lowest BCUT2D eigenvalue weighted by Gasteiger charge is -2.16. The Morgan fingerprint density at radius 3 is 2.67 bits per heavy atom. The number of halogens is 1. The molecule has 0 amide bonds. The second kappa shape index (κ2) is 5.91. The normalized spacial score (nSPS) is 12.9. The zero-order valence-corrected chi connectivity index (χ0v) is 12.7. The highest BCUT2D eigenvalue weighted by molar-refractivity contribution is 9.11. The van der Waals surface area contributed by atoms with Gasteiger partial charge in [0, 0.05) is 12.1 Å². The van der Waals surface area contributed by atoms with Crippen molar-refractivity contribution in [2.75, 3.05) is 6.61 Å². The van der Waals surface area contributed by atoms with Crippen molar-refractivity contribution in [3.05, 3.63) is 34.0 Å². The lowest BCUT2D eigenvalue weighted by Crippen LogP contribution is -2.14. The van der Waals surface area contributed by atoms with Crippen LogP contribution in [0, 0.1) is 5.92 Å². The first-order chi connectivity index (χ1) is 8.61. The summed E-state index contributed by atoms with van der Waals surface area (Å²) < 4.78 is 1.08. The second-order valence-electron chi connectivity index (χ2n) is 4.44. The maximum Gasteiger partial charge on any atom is 0.134 e. The molecule has 0 spiro atoms. The van der Waals surface area contributed by atoms with E-state index in [-0.39, 0.29) is 12.5 Å². The Labute approximate surface area is 119 Å². The Hall–Kier alpha value is -0.780. The third-order valence-corrected chi connectivity index (χ3v) is 4.48. The van der Waals surface area contributed by atoms with Gasteiger partial charge in [0.15, 0.2) is 0 Å². The first kappa shape index (κ1) is 13.6. The van der Waals surface area contributed by atoms with Crippen LogP contribution >= 0.6 is 27.3 Å². The van der Waals surface area contributed by atoms with Gasteiger partial charge in [-0.15, -0.1) is 11.3 Å². The van der Waals surface area contributed by atoms with Gasteiger partial charge in [0.05, 0.1) is 21.0 Å². The summed E-state index contributed by atoms with van der Waals surface area (Å²) in [7, 11) is 0. The van der Waals surface area contributed by atoms with Gasteiger partial charge in [0.2, 0.25) is 0 Å². The van der Waals surface area contributed by atoms with Gasteiger partial charge in [-0.25, -0.2) is 9.97 Å². The molecule has 2 heterocycles. The standard InChI is InChI=1S/C13H15BrN2OS/c1-8(2)9(7-17)13-15-6-5-10(16-13)11-3-4-12(14)18-11/h3-6,8-9,17H,7H2,1-2H3. The molecule has 1 unspecified atom stereocenters. The van der Waals surface area contributed by atoms with E-state index in [0.29, 0.717) is 5.92 Å². The minimum atomic E-state index is -0.00615. The first-order valence-corrected chi connectivity index (χ1v) is 7.42. The van der Waals surface area contributed by atoms with Crippen molar-refractivity contribution in [1.29, 1.82) is 0 Å². The van der Waals surface area contributed by atoms with Gasteiger partial charge in [-0.2, -0.15) is 0 Å². The summed E-state index contributed by atoms with van der Waals surface area (Å²) in [5, 5.41) is 9.43. The number of hydrogen-bond donors (Lipinski definition) is 1. The number of nitrogens with zero attached hydrogens (tertiary/aromatic N) is 2. The Bertz CT molecular complexity index is 527. The fourth-order valence-electron chi connectivity index (χ4n) is 1.73. The summed E-state index contributed by atoms with van der Waals surface area (Å²) >= 11 is 5.09. The molecule has 0 bridgehead atoms. The molecule has 1 atom stereocenters. The van der Waals surface area contributed by atoms with Crippen LogP contribution in [0.2, 0.25) is 0 Å². The van der Waals surface area contributed by atoms with E-state index in [2.05, 4.69) is 39.7 Å². The monoisotopic (exact) mass is 326 g/mol. The predicted octanol–water partition coefficient (Wildman–Crippen LogP) is 3.70. The highest BCUT2D eigenvalue weighted by Crippen LogP contribution is 2.31. The molecule has 0 fully saturated rings. The van der Waals surface area contributed by atoms with E-state index >= 15 is 0 Å². The highest BCUT2D eigenvalue weighted by atomic mass is 79.9. The van der Waals surface area contributed by atoms with Gasteiger partial charge in [-0.1, -0.05) is 13.8 Å². The van der Waals surface area contributed by atoms with Crippen LogP contribution < -0.4 is 0 Å². The van der Waals surface area contributed by atoms with Crippen LogP contribution in [0.3, 0.4) is 0 Å². The molecule has 2 rings (SSSR count). The molecule has 18 heavy (non-hydrogen) atoms. The Morgan fingerprint density at radius 1 is 1.33 bits per heavy atom. The van der Waals surface area contributed by atoms with Crippen molar-refractivity contribution in [2.45, 2.75) is 19.8 Å². The molecular formula is C13H15BrN2OS. The van der Waals surface area contributed by atoms with Crippen LogP contribution in [0.5, 0.6) is 0 Å². The molecule has 2 aromatic heterocycles. The van der Waals surface area contributed by atoms with E-state index < -0.39 is 0 Å². The van der Waals surface area contributed by atoms with Gasteiger partial charge in [-0.05, 0) is 40.0 Å². The molecule has 0 saturated heterocycles. The molecular weight excluding hydrogens is 312 g/mol. The predicted molar refractivity (Wildman–Crippen MR) is 77.7 cm³/mol. The maximum atomic E-state index is 9.43. The smallest absolute Gasteiger partial charge is 0.134 e. The summed E-state index contributed by atoms with van der Waals surface area (Å²) in [5.74, 6) is 1.03. The lowest BCUT2D eigenvalue weighted by molar-refractivity contribution is 0.232. The molecule has 0 aromatic carbocycles. The second-order valence-corrected chi connectivity index (χ2v) is 6.90. The third-order valence-electron chi connectivity index (χ3n) is 2.83. The Kier molecular flexibility index (Phi) is 4.48. The largest absolute Gasteiger partial charge is 0.396 e. The van der Waals surface area contributed by atoms with Crippen molar-refractivity contribution in [3.63, 3.8) is 0 Å². The molecule has 0 saturated carbocycles. The van der Waals surface area contributed by atoms with Crippen LogP contribution in [0.1, 0.15) is 25.6 Å². The maximum absolute atomic E-state index is 9.43. The molecule has 2 aromatic rings. The SMILES string of the molecule is CC(C)C(CO)c1nccc(-c2ccc(Br)s2)n1. The molecule has 0 aliphatic rings. The number of hydrogen-bond acceptors (Lipinski definition) is 4. The van der Waals surface area contributed by atoms with Gasteiger partial charge >= 0.3 is 0 Å². The minimum Gasteiger partial charge on any atom is -0.396 e. The van der Waals surface area contributed by atoms with E-state index in [1.54, 1.807) is 17.5 Å². The van der Waals surface area contributed by atoms with Crippen molar-refractivity contribution in [2.24, 2.45) is 5.92 Å². The zero-order valence-electron chi connectivity index (χ0n) is 10.3. The quantitative estimate of drug-likeness (QED) is 0.931. The number of aliphatic hydroxyl groups is 1. The number of aromatic nitrogens is 2. The number of aliphatic hydroxyl groups excluding tert-OH is 1. The Balaban J connectivity index is 2.35. The summed E-state index contributed by atoms with van der Waals surface area (Å²) in [6.45, 7) is 4.21. The van der Waals surface area contributed by atoms with Crippen LogP contribution in [0.25, 0.3) is 10.6 Å². The highest BCUT2D eigenvalue weighted by Gasteiger charge is 2.18. The van der Waals surface area contributed by atoms with E-state index in [1.165, 1.54) is 0 Å². The lowest BCUT2D eigenvalue weighted by atomic mass is 9.96.